The fourth-order valence-corrected chi connectivity index (χ4v) is 1.48. The Morgan fingerprint density at radius 3 is 2.79 bits per heavy atom. The molecule has 0 unspecified atom stereocenters. The number of azide groups is 1. The third-order valence-electron chi connectivity index (χ3n) is 2.34. The zero-order valence-corrected chi connectivity index (χ0v) is 10.9. The number of carbonyl (C=O) groups is 1. The average molecular weight is 261 g/mol. The summed E-state index contributed by atoms with van der Waals surface area (Å²) in [6.45, 7) is 3.90. The van der Waals surface area contributed by atoms with E-state index in [2.05, 4.69) is 19.8 Å². The van der Waals surface area contributed by atoms with E-state index >= 15 is 0 Å². The molecule has 0 atom stereocenters. The Hall–Kier alpha value is -2.30. The Bertz CT molecular complexity index is 520. The number of carbonyl (C=O) groups excluding carboxylic acids is 1. The molecule has 0 aromatic heterocycles. The topological polar surface area (TPSA) is 84.3 Å². The molecule has 0 aliphatic heterocycles. The van der Waals surface area contributed by atoms with Crippen molar-refractivity contribution in [3.05, 3.63) is 51.5 Å². The molecule has 0 spiro atoms. The molecule has 0 aliphatic rings. The first-order valence-corrected chi connectivity index (χ1v) is 5.91. The van der Waals surface area contributed by atoms with Gasteiger partial charge in [-0.1, -0.05) is 36.3 Å². The summed E-state index contributed by atoms with van der Waals surface area (Å²) in [7, 11) is 0. The van der Waals surface area contributed by atoms with Gasteiger partial charge in [-0.2, -0.15) is 4.89 Å². The quantitative estimate of drug-likeness (QED) is 0.196. The van der Waals surface area contributed by atoms with Crippen LogP contribution in [0.4, 0.5) is 0 Å². The number of nitrogens with zero attached hydrogens (tertiary/aromatic N) is 3. The standard InChI is InChI=1S/C13H15N3O3/c1-3-10-7-5-6-8-11(10)9-12(15-16-14)13(17)19-18-4-2/h5-9H,3-4H2,1-2H3/b12-9-. The van der Waals surface area contributed by atoms with E-state index in [1.165, 1.54) is 6.08 Å². The largest absolute Gasteiger partial charge is 0.375 e. The summed E-state index contributed by atoms with van der Waals surface area (Å²) in [5.74, 6) is -0.814. The smallest absolute Gasteiger partial charge is 0.293 e. The number of aryl methyl sites for hydroxylation is 1. The fraction of sp³-hybridized carbons (Fsp3) is 0.308. The zero-order valence-electron chi connectivity index (χ0n) is 10.9. The Kier molecular flexibility index (Phi) is 6.15. The molecule has 0 heterocycles. The molecule has 1 aromatic rings. The van der Waals surface area contributed by atoms with E-state index in [1.807, 2.05) is 31.2 Å². The third-order valence-corrected chi connectivity index (χ3v) is 2.34. The Labute approximate surface area is 111 Å². The van der Waals surface area contributed by atoms with Crippen LogP contribution >= 0.6 is 0 Å². The van der Waals surface area contributed by atoms with Crippen LogP contribution in [0.25, 0.3) is 16.5 Å². The predicted octanol–water partition coefficient (Wildman–Crippen LogP) is 3.39. The summed E-state index contributed by atoms with van der Waals surface area (Å²) in [5, 5.41) is 3.33. The Morgan fingerprint density at radius 1 is 1.42 bits per heavy atom. The maximum absolute atomic E-state index is 11.6. The van der Waals surface area contributed by atoms with Crippen molar-refractivity contribution in [3.8, 4) is 0 Å². The second kappa shape index (κ2) is 7.92. The minimum Gasteiger partial charge on any atom is -0.293 e. The van der Waals surface area contributed by atoms with Crippen LogP contribution in [0.15, 0.2) is 35.1 Å². The van der Waals surface area contributed by atoms with Crippen molar-refractivity contribution in [1.82, 2.24) is 0 Å². The van der Waals surface area contributed by atoms with Gasteiger partial charge in [-0.05, 0) is 36.1 Å². The van der Waals surface area contributed by atoms with E-state index in [9.17, 15) is 4.79 Å². The van der Waals surface area contributed by atoms with Gasteiger partial charge >= 0.3 is 5.97 Å². The number of hydrogen-bond acceptors (Lipinski definition) is 4. The van der Waals surface area contributed by atoms with Crippen molar-refractivity contribution in [2.24, 2.45) is 5.11 Å². The maximum Gasteiger partial charge on any atom is 0.375 e. The van der Waals surface area contributed by atoms with Gasteiger partial charge in [-0.3, -0.25) is 4.89 Å². The molecule has 0 saturated carbocycles. The van der Waals surface area contributed by atoms with Crippen LogP contribution in [0.5, 0.6) is 0 Å². The van der Waals surface area contributed by atoms with Gasteiger partial charge in [0.05, 0.1) is 6.61 Å². The van der Waals surface area contributed by atoms with E-state index in [0.29, 0.717) is 0 Å². The van der Waals surface area contributed by atoms with Gasteiger partial charge < -0.3 is 0 Å². The summed E-state index contributed by atoms with van der Waals surface area (Å²) in [6, 6.07) is 7.52. The lowest BCUT2D eigenvalue weighted by Crippen LogP contribution is -2.07. The van der Waals surface area contributed by atoms with Gasteiger partial charge in [0.1, 0.15) is 5.70 Å². The van der Waals surface area contributed by atoms with Crippen molar-refractivity contribution in [1.29, 1.82) is 0 Å². The highest BCUT2D eigenvalue weighted by molar-refractivity contribution is 5.93. The minimum absolute atomic E-state index is 0.142. The molecule has 19 heavy (non-hydrogen) atoms. The first-order valence-electron chi connectivity index (χ1n) is 5.91. The second-order valence-corrected chi connectivity index (χ2v) is 3.55. The highest BCUT2D eigenvalue weighted by Gasteiger charge is 2.11. The van der Waals surface area contributed by atoms with E-state index in [0.717, 1.165) is 17.5 Å². The predicted molar refractivity (Wildman–Crippen MR) is 70.7 cm³/mol. The van der Waals surface area contributed by atoms with Crippen LogP contribution in [-0.4, -0.2) is 12.6 Å². The summed E-state index contributed by atoms with van der Waals surface area (Å²) >= 11 is 0. The lowest BCUT2D eigenvalue weighted by atomic mass is 10.0. The summed E-state index contributed by atoms with van der Waals surface area (Å²) in [6.07, 6.45) is 2.29. The SMILES string of the molecule is CCOOC(=O)/C(=C/c1ccccc1CC)N=[N+]=[N-]. The van der Waals surface area contributed by atoms with E-state index in [1.54, 1.807) is 6.92 Å². The van der Waals surface area contributed by atoms with Crippen molar-refractivity contribution < 1.29 is 14.6 Å². The highest BCUT2D eigenvalue weighted by atomic mass is 17.2. The first-order chi connectivity index (χ1) is 9.22. The highest BCUT2D eigenvalue weighted by Crippen LogP contribution is 2.15. The minimum atomic E-state index is -0.814. The van der Waals surface area contributed by atoms with E-state index in [-0.39, 0.29) is 12.3 Å². The van der Waals surface area contributed by atoms with Crippen LogP contribution in [-0.2, 0) is 21.0 Å². The Morgan fingerprint density at radius 2 is 2.16 bits per heavy atom. The molecule has 0 saturated heterocycles. The fourth-order valence-electron chi connectivity index (χ4n) is 1.48. The first kappa shape index (κ1) is 14.8. The van der Waals surface area contributed by atoms with Crippen molar-refractivity contribution in [2.75, 3.05) is 6.61 Å². The summed E-state index contributed by atoms with van der Waals surface area (Å²) in [4.78, 5) is 23.3. The van der Waals surface area contributed by atoms with Crippen molar-refractivity contribution >= 4 is 12.0 Å². The van der Waals surface area contributed by atoms with Crippen molar-refractivity contribution in [2.45, 2.75) is 20.3 Å². The van der Waals surface area contributed by atoms with Crippen LogP contribution in [0.1, 0.15) is 25.0 Å². The molecular formula is C13H15N3O3. The number of rotatable bonds is 6. The molecule has 0 amide bonds. The lowest BCUT2D eigenvalue weighted by molar-refractivity contribution is -0.265. The monoisotopic (exact) mass is 261 g/mol. The van der Waals surface area contributed by atoms with Crippen LogP contribution in [0, 0.1) is 0 Å². The molecule has 0 bridgehead atoms. The normalized spacial score (nSPS) is 10.7. The summed E-state index contributed by atoms with van der Waals surface area (Å²) in [5.41, 5.74) is 10.2. The maximum atomic E-state index is 11.6. The molecule has 6 nitrogen and oxygen atoms in total. The molecule has 0 fully saturated rings. The number of benzene rings is 1. The lowest BCUT2D eigenvalue weighted by Gasteiger charge is -2.04. The molecule has 100 valence electrons. The molecular weight excluding hydrogens is 246 g/mol. The van der Waals surface area contributed by atoms with E-state index < -0.39 is 5.97 Å². The van der Waals surface area contributed by atoms with Gasteiger partial charge in [0.15, 0.2) is 0 Å². The van der Waals surface area contributed by atoms with Gasteiger partial charge in [-0.25, -0.2) is 4.79 Å². The molecule has 6 heteroatoms. The molecule has 0 N–H and O–H groups in total. The van der Waals surface area contributed by atoms with Gasteiger partial charge in [-0.15, -0.1) is 0 Å². The van der Waals surface area contributed by atoms with Crippen LogP contribution < -0.4 is 0 Å². The molecule has 1 rings (SSSR count). The molecule has 0 radical (unpaired) electrons. The molecule has 0 aliphatic carbocycles. The van der Waals surface area contributed by atoms with E-state index in [4.69, 9.17) is 5.53 Å². The third kappa shape index (κ3) is 4.46. The number of hydrogen-bond donors (Lipinski definition) is 0. The van der Waals surface area contributed by atoms with Crippen molar-refractivity contribution in [3.63, 3.8) is 0 Å². The second-order valence-electron chi connectivity index (χ2n) is 3.55. The van der Waals surface area contributed by atoms with Crippen LogP contribution in [0.2, 0.25) is 0 Å². The molecule has 1 aromatic carbocycles. The van der Waals surface area contributed by atoms with Gasteiger partial charge in [0.25, 0.3) is 0 Å². The van der Waals surface area contributed by atoms with Gasteiger partial charge in [0.2, 0.25) is 0 Å². The van der Waals surface area contributed by atoms with Crippen LogP contribution in [0.3, 0.4) is 0 Å². The average Bonchev–Trinajstić information content (AvgIpc) is 2.44. The Balaban J connectivity index is 3.07. The zero-order chi connectivity index (χ0) is 14.1. The summed E-state index contributed by atoms with van der Waals surface area (Å²) < 4.78 is 0. The van der Waals surface area contributed by atoms with Gasteiger partial charge in [0, 0.05) is 4.91 Å².